The van der Waals surface area contributed by atoms with Crippen molar-refractivity contribution in [3.8, 4) is 28.5 Å². The van der Waals surface area contributed by atoms with Crippen LogP contribution in [-0.2, 0) is 7.05 Å². The minimum Gasteiger partial charge on any atom is -0.493 e. The molecule has 1 amide bonds. The summed E-state index contributed by atoms with van der Waals surface area (Å²) in [5.41, 5.74) is 2.95. The number of nitro groups is 1. The fourth-order valence-corrected chi connectivity index (χ4v) is 3.81. The van der Waals surface area contributed by atoms with Crippen LogP contribution < -0.4 is 14.8 Å². The molecular formula is C25H21N7O5. The topological polar surface area (TPSA) is 139 Å². The van der Waals surface area contributed by atoms with Gasteiger partial charge < -0.3 is 14.8 Å². The van der Waals surface area contributed by atoms with Gasteiger partial charge >= 0.3 is 0 Å². The van der Waals surface area contributed by atoms with E-state index in [0.717, 1.165) is 17.0 Å². The number of fused-ring (bicyclic) bond motifs is 1. The number of ether oxygens (including phenoxy) is 2. The second kappa shape index (κ2) is 9.41. The molecule has 12 heteroatoms. The maximum absolute atomic E-state index is 13.1. The molecule has 3 heterocycles. The molecule has 0 saturated carbocycles. The number of rotatable bonds is 7. The zero-order valence-electron chi connectivity index (χ0n) is 20.1. The van der Waals surface area contributed by atoms with E-state index >= 15 is 0 Å². The molecule has 0 spiro atoms. The van der Waals surface area contributed by atoms with E-state index in [4.69, 9.17) is 9.47 Å². The largest absolute Gasteiger partial charge is 0.493 e. The van der Waals surface area contributed by atoms with Gasteiger partial charge in [0.05, 0.1) is 35.7 Å². The summed E-state index contributed by atoms with van der Waals surface area (Å²) in [5.74, 6) is 0.409. The summed E-state index contributed by atoms with van der Waals surface area (Å²) in [5, 5.41) is 22.9. The van der Waals surface area contributed by atoms with Crippen LogP contribution in [-0.4, -0.2) is 42.3 Å². The number of nitrogens with one attached hydrogen (secondary N) is 1. The van der Waals surface area contributed by atoms with Crippen LogP contribution in [0.2, 0.25) is 0 Å². The highest BCUT2D eigenvalue weighted by Crippen LogP contribution is 2.34. The van der Waals surface area contributed by atoms with Crippen molar-refractivity contribution in [3.05, 3.63) is 88.5 Å². The molecule has 1 N–H and O–H groups in total. The zero-order chi connectivity index (χ0) is 26.1. The molecule has 37 heavy (non-hydrogen) atoms. The Labute approximate surface area is 210 Å². The summed E-state index contributed by atoms with van der Waals surface area (Å²) in [6.45, 7) is 1.93. The van der Waals surface area contributed by atoms with E-state index in [9.17, 15) is 14.9 Å². The van der Waals surface area contributed by atoms with Crippen molar-refractivity contribution in [1.82, 2.24) is 24.4 Å². The number of amides is 1. The van der Waals surface area contributed by atoms with Gasteiger partial charge in [0.2, 0.25) is 0 Å². The lowest BCUT2D eigenvalue weighted by Crippen LogP contribution is -2.13. The number of carbonyl (C=O) groups excluding carboxylic acids is 1. The Morgan fingerprint density at radius 3 is 2.59 bits per heavy atom. The van der Waals surface area contributed by atoms with Gasteiger partial charge in [-0.15, -0.1) is 0 Å². The van der Waals surface area contributed by atoms with E-state index in [1.165, 1.54) is 31.4 Å². The number of non-ortho nitro benzene ring substituents is 1. The van der Waals surface area contributed by atoms with E-state index in [0.29, 0.717) is 17.1 Å². The number of methoxy groups -OCH3 is 1. The number of hydrogen-bond donors (Lipinski definition) is 1. The number of nitro benzene ring substituents is 1. The van der Waals surface area contributed by atoms with Crippen LogP contribution in [0.25, 0.3) is 16.9 Å². The number of carbonyl (C=O) groups is 1. The molecule has 0 aliphatic rings. The Kier molecular flexibility index (Phi) is 5.97. The third-order valence-corrected chi connectivity index (χ3v) is 5.76. The van der Waals surface area contributed by atoms with Gasteiger partial charge in [0.1, 0.15) is 5.75 Å². The first kappa shape index (κ1) is 23.5. The monoisotopic (exact) mass is 499 g/mol. The van der Waals surface area contributed by atoms with Crippen molar-refractivity contribution in [1.29, 1.82) is 0 Å². The normalized spacial score (nSPS) is 10.9. The summed E-state index contributed by atoms with van der Waals surface area (Å²) in [6, 6.07) is 14.2. The van der Waals surface area contributed by atoms with Crippen LogP contribution in [0.15, 0.2) is 67.0 Å². The molecular weight excluding hydrogens is 478 g/mol. The number of hydrogen-bond acceptors (Lipinski definition) is 8. The fourth-order valence-electron chi connectivity index (χ4n) is 3.81. The van der Waals surface area contributed by atoms with Crippen molar-refractivity contribution in [2.75, 3.05) is 12.4 Å². The Morgan fingerprint density at radius 2 is 1.89 bits per heavy atom. The van der Waals surface area contributed by atoms with Gasteiger partial charge in [0, 0.05) is 42.7 Å². The number of nitrogens with zero attached hydrogens (tertiary/aromatic N) is 6. The van der Waals surface area contributed by atoms with Crippen LogP contribution in [0.5, 0.6) is 17.2 Å². The second-order valence-electron chi connectivity index (χ2n) is 8.08. The van der Waals surface area contributed by atoms with Crippen molar-refractivity contribution in [3.63, 3.8) is 0 Å². The van der Waals surface area contributed by atoms with E-state index in [1.54, 1.807) is 51.9 Å². The molecule has 0 saturated heterocycles. The Balaban J connectivity index is 1.46. The van der Waals surface area contributed by atoms with Gasteiger partial charge in [-0.2, -0.15) is 10.2 Å². The van der Waals surface area contributed by atoms with Gasteiger partial charge in [-0.25, -0.2) is 9.50 Å². The lowest BCUT2D eigenvalue weighted by Gasteiger charge is -2.11. The Bertz CT molecular complexity index is 1660. The molecule has 3 aromatic heterocycles. The highest BCUT2D eigenvalue weighted by atomic mass is 16.6. The third-order valence-electron chi connectivity index (χ3n) is 5.76. The fraction of sp³-hybridized carbons (Fsp3) is 0.120. The van der Waals surface area contributed by atoms with E-state index in [-0.39, 0.29) is 22.8 Å². The van der Waals surface area contributed by atoms with Gasteiger partial charge in [-0.05, 0) is 25.1 Å². The van der Waals surface area contributed by atoms with Crippen molar-refractivity contribution in [2.45, 2.75) is 6.92 Å². The molecule has 0 radical (unpaired) electrons. The lowest BCUT2D eigenvalue weighted by molar-refractivity contribution is -0.384. The Morgan fingerprint density at radius 1 is 1.11 bits per heavy atom. The molecule has 0 aliphatic carbocycles. The van der Waals surface area contributed by atoms with Crippen LogP contribution >= 0.6 is 0 Å². The third kappa shape index (κ3) is 4.55. The SMILES string of the molecule is COc1ccccc1Oc1cc(NC(=O)c2cc3nccc(-c4cnn(C)c4C)n3n2)cc([N+](=O)[O-])c1. The molecule has 0 fully saturated rings. The number of aryl methyl sites for hydroxylation is 1. The van der Waals surface area contributed by atoms with Gasteiger partial charge in [0.15, 0.2) is 22.8 Å². The Hall–Kier alpha value is -5.26. The molecule has 5 aromatic rings. The van der Waals surface area contributed by atoms with Crippen LogP contribution in [0.1, 0.15) is 16.2 Å². The van der Waals surface area contributed by atoms with Crippen LogP contribution in [0, 0.1) is 17.0 Å². The predicted molar refractivity (Wildman–Crippen MR) is 134 cm³/mol. The molecule has 0 bridgehead atoms. The second-order valence-corrected chi connectivity index (χ2v) is 8.08. The highest BCUT2D eigenvalue weighted by Gasteiger charge is 2.19. The van der Waals surface area contributed by atoms with Crippen molar-refractivity contribution in [2.24, 2.45) is 7.05 Å². The smallest absolute Gasteiger partial charge is 0.276 e. The van der Waals surface area contributed by atoms with Gasteiger partial charge in [-0.3, -0.25) is 19.6 Å². The molecule has 2 aromatic carbocycles. The number of benzene rings is 2. The summed E-state index contributed by atoms with van der Waals surface area (Å²) in [4.78, 5) is 28.4. The molecule has 0 unspecified atom stereocenters. The van der Waals surface area contributed by atoms with Crippen LogP contribution in [0.4, 0.5) is 11.4 Å². The quantitative estimate of drug-likeness (QED) is 0.257. The first-order valence-corrected chi connectivity index (χ1v) is 11.1. The van der Waals surface area contributed by atoms with E-state index < -0.39 is 10.8 Å². The number of aromatic nitrogens is 5. The van der Waals surface area contributed by atoms with Gasteiger partial charge in [0.25, 0.3) is 11.6 Å². The minimum atomic E-state index is -0.567. The predicted octanol–water partition coefficient (Wildman–Crippen LogP) is 4.40. The van der Waals surface area contributed by atoms with E-state index in [1.807, 2.05) is 14.0 Å². The number of anilines is 1. The lowest BCUT2D eigenvalue weighted by atomic mass is 10.2. The molecule has 5 rings (SSSR count). The average molecular weight is 499 g/mol. The summed E-state index contributed by atoms with van der Waals surface area (Å²) in [6.07, 6.45) is 3.35. The van der Waals surface area contributed by atoms with E-state index in [2.05, 4.69) is 20.5 Å². The summed E-state index contributed by atoms with van der Waals surface area (Å²) < 4.78 is 14.4. The molecule has 12 nitrogen and oxygen atoms in total. The maximum atomic E-state index is 13.1. The standard InChI is InChI=1S/C25H21N7O5/c1-15-19(14-27-30(15)2)21-8-9-26-24-13-20(29-31(21)24)25(33)28-16-10-17(32(34)35)12-18(11-16)37-23-7-5-4-6-22(23)36-3/h4-14H,1-3H3,(H,28,33). The van der Waals surface area contributed by atoms with Crippen molar-refractivity contribution >= 4 is 22.9 Å². The number of para-hydroxylation sites is 2. The molecule has 0 atom stereocenters. The average Bonchev–Trinajstić information content (AvgIpc) is 3.47. The first-order chi connectivity index (χ1) is 17.8. The zero-order valence-corrected chi connectivity index (χ0v) is 20.1. The summed E-state index contributed by atoms with van der Waals surface area (Å²) in [7, 11) is 3.33. The van der Waals surface area contributed by atoms with Crippen molar-refractivity contribution < 1.29 is 19.2 Å². The maximum Gasteiger partial charge on any atom is 0.276 e. The molecule has 186 valence electrons. The summed E-state index contributed by atoms with van der Waals surface area (Å²) >= 11 is 0. The minimum absolute atomic E-state index is 0.0835. The highest BCUT2D eigenvalue weighted by molar-refractivity contribution is 6.03. The van der Waals surface area contributed by atoms with Crippen LogP contribution in [0.3, 0.4) is 0 Å². The van der Waals surface area contributed by atoms with Gasteiger partial charge in [-0.1, -0.05) is 12.1 Å². The molecule has 0 aliphatic heterocycles. The first-order valence-electron chi connectivity index (χ1n) is 11.1.